The van der Waals surface area contributed by atoms with Crippen molar-refractivity contribution in [3.8, 4) is 0 Å². The average molecular weight is 197 g/mol. The normalized spacial score (nSPS) is 12.2. The van der Waals surface area contributed by atoms with Crippen LogP contribution in [-0.4, -0.2) is 19.6 Å². The molecule has 3 nitrogen and oxygen atoms in total. The van der Waals surface area contributed by atoms with Crippen LogP contribution in [0.15, 0.2) is 24.3 Å². The molecule has 0 saturated carbocycles. The predicted molar refractivity (Wildman–Crippen MR) is 50.7 cm³/mol. The number of nitrogens with two attached hydrogens (primary N) is 1. The van der Waals surface area contributed by atoms with E-state index < -0.39 is 12.1 Å². The van der Waals surface area contributed by atoms with Crippen molar-refractivity contribution in [2.75, 3.05) is 13.7 Å². The first kappa shape index (κ1) is 10.7. The van der Waals surface area contributed by atoms with Gasteiger partial charge in [0.2, 0.25) is 0 Å². The SMILES string of the molecule is COC(=O)c1ccccc1C(F)CN. The number of hydrogen-bond acceptors (Lipinski definition) is 3. The minimum atomic E-state index is -1.33. The molecule has 0 radical (unpaired) electrons. The molecule has 76 valence electrons. The maximum atomic E-state index is 13.3. The highest BCUT2D eigenvalue weighted by Crippen LogP contribution is 2.20. The van der Waals surface area contributed by atoms with Crippen molar-refractivity contribution in [1.29, 1.82) is 0 Å². The van der Waals surface area contributed by atoms with Crippen LogP contribution >= 0.6 is 0 Å². The summed E-state index contributed by atoms with van der Waals surface area (Å²) in [6, 6.07) is 6.36. The number of ether oxygens (including phenoxy) is 1. The summed E-state index contributed by atoms with van der Waals surface area (Å²) in [7, 11) is 1.26. The summed E-state index contributed by atoms with van der Waals surface area (Å²) in [5.74, 6) is -0.545. The Hall–Kier alpha value is -1.42. The number of rotatable bonds is 3. The first-order chi connectivity index (χ1) is 6.70. The van der Waals surface area contributed by atoms with Crippen LogP contribution in [0.4, 0.5) is 4.39 Å². The lowest BCUT2D eigenvalue weighted by atomic mass is 10.0. The van der Waals surface area contributed by atoms with Gasteiger partial charge in [0.25, 0.3) is 0 Å². The third-order valence-corrected chi connectivity index (χ3v) is 1.91. The van der Waals surface area contributed by atoms with E-state index in [0.717, 1.165) is 0 Å². The molecule has 0 aromatic heterocycles. The first-order valence-corrected chi connectivity index (χ1v) is 4.22. The van der Waals surface area contributed by atoms with Crippen LogP contribution in [0.5, 0.6) is 0 Å². The number of benzene rings is 1. The zero-order valence-corrected chi connectivity index (χ0v) is 7.87. The second-order valence-electron chi connectivity index (χ2n) is 2.78. The molecule has 0 saturated heterocycles. The Morgan fingerprint density at radius 1 is 1.57 bits per heavy atom. The molecule has 0 fully saturated rings. The van der Waals surface area contributed by atoms with E-state index >= 15 is 0 Å². The summed E-state index contributed by atoms with van der Waals surface area (Å²) in [4.78, 5) is 11.2. The second-order valence-corrected chi connectivity index (χ2v) is 2.78. The monoisotopic (exact) mass is 197 g/mol. The Morgan fingerprint density at radius 3 is 2.79 bits per heavy atom. The lowest BCUT2D eigenvalue weighted by molar-refractivity contribution is 0.0597. The molecular weight excluding hydrogens is 185 g/mol. The molecular formula is C10H12FNO2. The molecule has 1 aromatic carbocycles. The Bertz CT molecular complexity index is 328. The van der Waals surface area contributed by atoms with E-state index in [-0.39, 0.29) is 17.7 Å². The van der Waals surface area contributed by atoms with E-state index in [2.05, 4.69) is 4.74 Å². The average Bonchev–Trinajstić information content (AvgIpc) is 2.27. The van der Waals surface area contributed by atoms with Crippen LogP contribution in [0.3, 0.4) is 0 Å². The van der Waals surface area contributed by atoms with Crippen molar-refractivity contribution in [1.82, 2.24) is 0 Å². The van der Waals surface area contributed by atoms with Crippen molar-refractivity contribution in [3.05, 3.63) is 35.4 Å². The molecule has 0 aliphatic carbocycles. The fourth-order valence-electron chi connectivity index (χ4n) is 1.19. The minimum Gasteiger partial charge on any atom is -0.465 e. The molecule has 0 aliphatic heterocycles. The molecule has 0 amide bonds. The number of carbonyl (C=O) groups excluding carboxylic acids is 1. The minimum absolute atomic E-state index is 0.145. The maximum Gasteiger partial charge on any atom is 0.338 e. The highest BCUT2D eigenvalue weighted by Gasteiger charge is 2.17. The van der Waals surface area contributed by atoms with E-state index in [9.17, 15) is 9.18 Å². The van der Waals surface area contributed by atoms with Crippen LogP contribution in [-0.2, 0) is 4.74 Å². The smallest absolute Gasteiger partial charge is 0.338 e. The summed E-state index contributed by atoms with van der Waals surface area (Å²) in [5.41, 5.74) is 5.70. The third kappa shape index (κ3) is 2.09. The molecule has 14 heavy (non-hydrogen) atoms. The summed E-state index contributed by atoms with van der Waals surface area (Å²) in [6.45, 7) is -0.145. The number of hydrogen-bond donors (Lipinski definition) is 1. The van der Waals surface area contributed by atoms with Crippen molar-refractivity contribution >= 4 is 5.97 Å². The van der Waals surface area contributed by atoms with Gasteiger partial charge in [-0.25, -0.2) is 9.18 Å². The highest BCUT2D eigenvalue weighted by molar-refractivity contribution is 5.91. The Kier molecular flexibility index (Phi) is 3.59. The standard InChI is InChI=1S/C10H12FNO2/c1-14-10(13)8-5-3-2-4-7(8)9(11)6-12/h2-5,9H,6,12H2,1H3. The van der Waals surface area contributed by atoms with Gasteiger partial charge >= 0.3 is 5.97 Å². The molecule has 0 bridgehead atoms. The van der Waals surface area contributed by atoms with Crippen molar-refractivity contribution in [2.45, 2.75) is 6.17 Å². The topological polar surface area (TPSA) is 52.3 Å². The molecule has 4 heteroatoms. The molecule has 1 aromatic rings. The third-order valence-electron chi connectivity index (χ3n) is 1.91. The summed E-state index contributed by atoms with van der Waals surface area (Å²) in [5, 5.41) is 0. The van der Waals surface area contributed by atoms with Crippen LogP contribution in [0, 0.1) is 0 Å². The summed E-state index contributed by atoms with van der Waals surface area (Å²) < 4.78 is 17.8. The van der Waals surface area contributed by atoms with Gasteiger partial charge in [-0.1, -0.05) is 18.2 Å². The summed E-state index contributed by atoms with van der Waals surface area (Å²) >= 11 is 0. The van der Waals surface area contributed by atoms with E-state index in [0.29, 0.717) is 0 Å². The van der Waals surface area contributed by atoms with E-state index in [1.807, 2.05) is 0 Å². The lowest BCUT2D eigenvalue weighted by Gasteiger charge is -2.09. The van der Waals surface area contributed by atoms with Crippen molar-refractivity contribution in [2.24, 2.45) is 5.73 Å². The maximum absolute atomic E-state index is 13.3. The van der Waals surface area contributed by atoms with Gasteiger partial charge in [-0.2, -0.15) is 0 Å². The first-order valence-electron chi connectivity index (χ1n) is 4.22. The van der Waals surface area contributed by atoms with Gasteiger partial charge in [0.1, 0.15) is 6.17 Å². The van der Waals surface area contributed by atoms with Gasteiger partial charge in [-0.05, 0) is 6.07 Å². The largest absolute Gasteiger partial charge is 0.465 e. The zero-order valence-electron chi connectivity index (χ0n) is 7.87. The van der Waals surface area contributed by atoms with Crippen LogP contribution in [0.2, 0.25) is 0 Å². The van der Waals surface area contributed by atoms with Crippen LogP contribution < -0.4 is 5.73 Å². The van der Waals surface area contributed by atoms with Gasteiger partial charge in [0.15, 0.2) is 0 Å². The van der Waals surface area contributed by atoms with Gasteiger partial charge in [-0.3, -0.25) is 0 Å². The lowest BCUT2D eigenvalue weighted by Crippen LogP contribution is -2.13. The molecule has 1 unspecified atom stereocenters. The van der Waals surface area contributed by atoms with Gasteiger partial charge in [0, 0.05) is 12.1 Å². The zero-order chi connectivity index (χ0) is 10.6. The van der Waals surface area contributed by atoms with E-state index in [1.165, 1.54) is 19.2 Å². The molecule has 1 rings (SSSR count). The number of carbonyl (C=O) groups is 1. The Morgan fingerprint density at radius 2 is 2.21 bits per heavy atom. The number of halogens is 1. The van der Waals surface area contributed by atoms with Crippen molar-refractivity contribution < 1.29 is 13.9 Å². The summed E-state index contributed by atoms with van der Waals surface area (Å²) in [6.07, 6.45) is -1.33. The van der Waals surface area contributed by atoms with Crippen LogP contribution in [0.25, 0.3) is 0 Å². The van der Waals surface area contributed by atoms with E-state index in [4.69, 9.17) is 5.73 Å². The predicted octanol–water partition coefficient (Wildman–Crippen LogP) is 1.44. The second kappa shape index (κ2) is 4.72. The molecule has 0 spiro atoms. The van der Waals surface area contributed by atoms with Crippen molar-refractivity contribution in [3.63, 3.8) is 0 Å². The molecule has 0 heterocycles. The van der Waals surface area contributed by atoms with Gasteiger partial charge < -0.3 is 10.5 Å². The number of methoxy groups -OCH3 is 1. The molecule has 2 N–H and O–H groups in total. The fourth-order valence-corrected chi connectivity index (χ4v) is 1.19. The molecule has 1 atom stereocenters. The van der Waals surface area contributed by atoms with Gasteiger partial charge in [-0.15, -0.1) is 0 Å². The Labute approximate surface area is 81.7 Å². The Balaban J connectivity index is 3.09. The van der Waals surface area contributed by atoms with Gasteiger partial charge in [0.05, 0.1) is 12.7 Å². The highest BCUT2D eigenvalue weighted by atomic mass is 19.1. The number of alkyl halides is 1. The number of esters is 1. The van der Waals surface area contributed by atoms with Crippen LogP contribution in [0.1, 0.15) is 22.1 Å². The quantitative estimate of drug-likeness (QED) is 0.746. The fraction of sp³-hybridized carbons (Fsp3) is 0.300. The molecule has 0 aliphatic rings. The van der Waals surface area contributed by atoms with E-state index in [1.54, 1.807) is 12.1 Å².